The summed E-state index contributed by atoms with van der Waals surface area (Å²) in [5, 5.41) is 2.84. The van der Waals surface area contributed by atoms with Gasteiger partial charge in [-0.1, -0.05) is 19.1 Å². The quantitative estimate of drug-likeness (QED) is 0.410. The Labute approximate surface area is 215 Å². The molecule has 0 spiro atoms. The van der Waals surface area contributed by atoms with Crippen molar-refractivity contribution in [2.75, 3.05) is 30.5 Å². The number of amides is 2. The SMILES string of the molecule is COCCN(C(=O)C1CCC(C)CC1)c1cc(-c2ccc(NC(=O)c3cn(C)cn3)cc2)sc1C=O. The maximum atomic E-state index is 13.5. The van der Waals surface area contributed by atoms with E-state index in [1.165, 1.54) is 11.3 Å². The molecule has 1 saturated carbocycles. The van der Waals surface area contributed by atoms with E-state index in [0.29, 0.717) is 41.0 Å². The molecule has 2 amide bonds. The van der Waals surface area contributed by atoms with Crippen molar-refractivity contribution >= 4 is 40.8 Å². The summed E-state index contributed by atoms with van der Waals surface area (Å²) in [4.78, 5) is 45.1. The van der Waals surface area contributed by atoms with Crippen LogP contribution in [0.1, 0.15) is 52.8 Å². The second kappa shape index (κ2) is 11.6. The first-order chi connectivity index (χ1) is 17.4. The molecule has 0 bridgehead atoms. The van der Waals surface area contributed by atoms with E-state index in [1.807, 2.05) is 30.3 Å². The monoisotopic (exact) mass is 508 g/mol. The lowest BCUT2D eigenvalue weighted by Gasteiger charge is -2.31. The van der Waals surface area contributed by atoms with Crippen molar-refractivity contribution < 1.29 is 19.1 Å². The van der Waals surface area contributed by atoms with Crippen molar-refractivity contribution in [3.63, 3.8) is 0 Å². The summed E-state index contributed by atoms with van der Waals surface area (Å²) in [6.07, 6.45) is 7.90. The lowest BCUT2D eigenvalue weighted by Crippen LogP contribution is -2.40. The first-order valence-corrected chi connectivity index (χ1v) is 13.0. The summed E-state index contributed by atoms with van der Waals surface area (Å²) >= 11 is 1.36. The smallest absolute Gasteiger partial charge is 0.275 e. The molecule has 0 atom stereocenters. The number of imidazole rings is 1. The normalized spacial score (nSPS) is 17.5. The molecule has 2 aromatic heterocycles. The van der Waals surface area contributed by atoms with Gasteiger partial charge in [0.05, 0.1) is 23.5 Å². The summed E-state index contributed by atoms with van der Waals surface area (Å²) in [6.45, 7) is 3.02. The van der Waals surface area contributed by atoms with Gasteiger partial charge in [0.25, 0.3) is 5.91 Å². The van der Waals surface area contributed by atoms with Crippen LogP contribution in [0, 0.1) is 11.8 Å². The van der Waals surface area contributed by atoms with Crippen LogP contribution in [0.3, 0.4) is 0 Å². The first kappa shape index (κ1) is 25.8. The van der Waals surface area contributed by atoms with Crippen LogP contribution in [0.25, 0.3) is 10.4 Å². The standard InChI is InChI=1S/C27H32N4O4S/c1-18-4-6-20(7-5-18)27(34)31(12-13-35-3)23-14-24(36-25(23)16-32)19-8-10-21(11-9-19)29-26(33)22-15-30(2)17-28-22/h8-11,14-18,20H,4-7,12-13H2,1-3H3,(H,29,33). The van der Waals surface area contributed by atoms with E-state index >= 15 is 0 Å². The number of carbonyl (C=O) groups excluding carboxylic acids is 3. The first-order valence-electron chi connectivity index (χ1n) is 12.2. The number of hydrogen-bond donors (Lipinski definition) is 1. The molecule has 1 N–H and O–H groups in total. The number of carbonyl (C=O) groups is 3. The molecule has 0 unspecified atom stereocenters. The van der Waals surface area contributed by atoms with Gasteiger partial charge in [-0.05, 0) is 55.4 Å². The van der Waals surface area contributed by atoms with Crippen LogP contribution in [0.2, 0.25) is 0 Å². The minimum Gasteiger partial charge on any atom is -0.383 e. The molecule has 1 aliphatic carbocycles. The number of hydrogen-bond acceptors (Lipinski definition) is 6. The number of benzene rings is 1. The van der Waals surface area contributed by atoms with Crippen LogP contribution >= 0.6 is 11.3 Å². The number of ether oxygens (including phenoxy) is 1. The number of nitrogens with one attached hydrogen (secondary N) is 1. The molecule has 0 saturated heterocycles. The van der Waals surface area contributed by atoms with Crippen molar-refractivity contribution in [2.45, 2.75) is 32.6 Å². The highest BCUT2D eigenvalue weighted by Crippen LogP contribution is 2.38. The van der Waals surface area contributed by atoms with Crippen LogP contribution in [0.4, 0.5) is 11.4 Å². The van der Waals surface area contributed by atoms with Gasteiger partial charge in [-0.3, -0.25) is 14.4 Å². The number of nitrogens with zero attached hydrogens (tertiary/aromatic N) is 3. The van der Waals surface area contributed by atoms with Gasteiger partial charge in [-0.15, -0.1) is 11.3 Å². The molecule has 1 fully saturated rings. The molecule has 0 aliphatic heterocycles. The van der Waals surface area contributed by atoms with Crippen LogP contribution in [0.5, 0.6) is 0 Å². The molecule has 4 rings (SSSR count). The Morgan fingerprint density at radius 3 is 2.56 bits per heavy atom. The molecule has 8 nitrogen and oxygen atoms in total. The zero-order valence-corrected chi connectivity index (χ0v) is 21.7. The van der Waals surface area contributed by atoms with Crippen molar-refractivity contribution in [2.24, 2.45) is 18.9 Å². The van der Waals surface area contributed by atoms with Gasteiger partial charge in [0, 0.05) is 43.4 Å². The van der Waals surface area contributed by atoms with Gasteiger partial charge >= 0.3 is 0 Å². The number of aryl methyl sites for hydroxylation is 1. The number of methoxy groups -OCH3 is 1. The van der Waals surface area contributed by atoms with Gasteiger partial charge in [-0.2, -0.15) is 0 Å². The van der Waals surface area contributed by atoms with E-state index < -0.39 is 0 Å². The number of aromatic nitrogens is 2. The molecule has 1 aliphatic rings. The van der Waals surface area contributed by atoms with E-state index in [2.05, 4.69) is 17.2 Å². The van der Waals surface area contributed by atoms with Gasteiger partial charge < -0.3 is 19.5 Å². The lowest BCUT2D eigenvalue weighted by atomic mass is 9.82. The maximum absolute atomic E-state index is 13.5. The Bertz CT molecular complexity index is 1210. The van der Waals surface area contributed by atoms with E-state index in [9.17, 15) is 14.4 Å². The van der Waals surface area contributed by atoms with Crippen molar-refractivity contribution in [3.8, 4) is 10.4 Å². The molecule has 190 valence electrons. The van der Waals surface area contributed by atoms with Crippen LogP contribution in [-0.2, 0) is 16.6 Å². The van der Waals surface area contributed by atoms with Gasteiger partial charge in [0.2, 0.25) is 5.91 Å². The number of thiophene rings is 1. The molecule has 9 heteroatoms. The molecular weight excluding hydrogens is 476 g/mol. The van der Waals surface area contributed by atoms with E-state index in [0.717, 1.165) is 42.4 Å². The maximum Gasteiger partial charge on any atom is 0.275 e. The topological polar surface area (TPSA) is 93.5 Å². The molecule has 3 aromatic rings. The minimum atomic E-state index is -0.283. The summed E-state index contributed by atoms with van der Waals surface area (Å²) in [6, 6.07) is 9.32. The number of aldehydes is 1. The van der Waals surface area contributed by atoms with Crippen molar-refractivity contribution in [3.05, 3.63) is 53.4 Å². The van der Waals surface area contributed by atoms with Gasteiger partial charge in [-0.25, -0.2) is 4.98 Å². The molecular formula is C27H32N4O4S. The Hall–Kier alpha value is -3.30. The summed E-state index contributed by atoms with van der Waals surface area (Å²) < 4.78 is 6.99. The van der Waals surface area contributed by atoms with Crippen LogP contribution in [-0.4, -0.2) is 47.9 Å². The molecule has 1 aromatic carbocycles. The Morgan fingerprint density at radius 1 is 1.22 bits per heavy atom. The Kier molecular flexibility index (Phi) is 8.32. The molecule has 36 heavy (non-hydrogen) atoms. The minimum absolute atomic E-state index is 0.0251. The third kappa shape index (κ3) is 5.91. The summed E-state index contributed by atoms with van der Waals surface area (Å²) in [5.41, 5.74) is 2.52. The average molecular weight is 509 g/mol. The highest BCUT2D eigenvalue weighted by atomic mass is 32.1. The summed E-state index contributed by atoms with van der Waals surface area (Å²) in [7, 11) is 3.42. The molecule has 2 heterocycles. The fraction of sp³-hybridized carbons (Fsp3) is 0.407. The lowest BCUT2D eigenvalue weighted by molar-refractivity contribution is -0.123. The fourth-order valence-corrected chi connectivity index (χ4v) is 5.52. The summed E-state index contributed by atoms with van der Waals surface area (Å²) in [5.74, 6) is 0.410. The molecule has 0 radical (unpaired) electrons. The largest absolute Gasteiger partial charge is 0.383 e. The third-order valence-corrected chi connectivity index (χ3v) is 7.75. The Morgan fingerprint density at radius 2 is 1.94 bits per heavy atom. The average Bonchev–Trinajstić information content (AvgIpc) is 3.51. The van der Waals surface area contributed by atoms with Crippen LogP contribution in [0.15, 0.2) is 42.9 Å². The number of rotatable bonds is 9. The highest BCUT2D eigenvalue weighted by Gasteiger charge is 2.30. The predicted octanol–water partition coefficient (Wildman–Crippen LogP) is 5.02. The van der Waals surface area contributed by atoms with Gasteiger partial charge in [0.1, 0.15) is 5.69 Å². The third-order valence-electron chi connectivity index (χ3n) is 6.65. The zero-order chi connectivity index (χ0) is 25.7. The highest BCUT2D eigenvalue weighted by molar-refractivity contribution is 7.17. The fourth-order valence-electron chi connectivity index (χ4n) is 4.54. The second-order valence-electron chi connectivity index (χ2n) is 9.37. The Balaban J connectivity index is 1.54. The van der Waals surface area contributed by atoms with E-state index in [1.54, 1.807) is 36.1 Å². The van der Waals surface area contributed by atoms with Crippen molar-refractivity contribution in [1.82, 2.24) is 9.55 Å². The van der Waals surface area contributed by atoms with Crippen molar-refractivity contribution in [1.29, 1.82) is 0 Å². The number of anilines is 2. The van der Waals surface area contributed by atoms with E-state index in [4.69, 9.17) is 4.74 Å². The predicted molar refractivity (Wildman–Crippen MR) is 142 cm³/mol. The van der Waals surface area contributed by atoms with Crippen LogP contribution < -0.4 is 10.2 Å². The second-order valence-corrected chi connectivity index (χ2v) is 10.5. The van der Waals surface area contributed by atoms with Gasteiger partial charge in [0.15, 0.2) is 6.29 Å². The zero-order valence-electron chi connectivity index (χ0n) is 20.9. The van der Waals surface area contributed by atoms with E-state index in [-0.39, 0.29) is 17.7 Å².